The van der Waals surface area contributed by atoms with Crippen LogP contribution in [0.3, 0.4) is 0 Å². The molecule has 1 aliphatic rings. The number of hydrogen-bond donors (Lipinski definition) is 0. The van der Waals surface area contributed by atoms with Crippen molar-refractivity contribution in [2.75, 3.05) is 0 Å². The smallest absolute Gasteiger partial charge is 0.312 e. The van der Waals surface area contributed by atoms with Crippen molar-refractivity contribution in [3.05, 3.63) is 190 Å². The number of alkyl halides is 3. The first-order valence-corrected chi connectivity index (χ1v) is 19.8. The van der Waals surface area contributed by atoms with Crippen LogP contribution in [0.2, 0.25) is 0 Å². The number of nitrogens with zero attached hydrogens (tertiary/aromatic N) is 4. The lowest BCUT2D eigenvalue weighted by molar-refractivity contribution is -0.137. The molecule has 0 atom stereocenters. The van der Waals surface area contributed by atoms with Crippen molar-refractivity contribution in [3.8, 4) is 45.8 Å². The van der Waals surface area contributed by atoms with Crippen LogP contribution in [0.15, 0.2) is 146 Å². The lowest BCUT2D eigenvalue weighted by Crippen LogP contribution is -2.09. The zero-order valence-corrected chi connectivity index (χ0v) is 32.8. The van der Waals surface area contributed by atoms with E-state index in [-0.39, 0.29) is 11.1 Å². The van der Waals surface area contributed by atoms with Gasteiger partial charge in [-0.2, -0.15) is 23.7 Å². The zero-order chi connectivity index (χ0) is 41.3. The lowest BCUT2D eigenvalue weighted by Gasteiger charge is -2.22. The predicted molar refractivity (Wildman–Crippen MR) is 235 cm³/mol. The third-order valence-electron chi connectivity index (χ3n) is 12.0. The molecule has 0 unspecified atom stereocenters. The molecule has 0 bridgehead atoms. The highest BCUT2D eigenvalue weighted by Crippen LogP contribution is 2.44. The summed E-state index contributed by atoms with van der Waals surface area (Å²) in [6.45, 7) is 4.19. The van der Waals surface area contributed by atoms with Crippen molar-refractivity contribution in [2.24, 2.45) is 0 Å². The standard InChI is InChI=1S/C53H35F3N4/c1-32-11-3-5-13-40(32)35-19-21-49-45(26-35)42-15-7-9-17-47(42)59(49)51-29-44(37-23-34(30-57)24-39(25-37)53(54,55)56)52(28-38(51)31-58)60-48-18-10-8-16-43(48)46-27-36(20-22-50(46)60)41-14-6-4-12-33(41)2/h3-18,20,22-29H,19,21H2,1-2H3. The molecule has 0 N–H and O–H groups in total. The maximum atomic E-state index is 14.6. The van der Waals surface area contributed by atoms with E-state index in [1.54, 1.807) is 6.07 Å². The van der Waals surface area contributed by atoms with Gasteiger partial charge in [0.25, 0.3) is 0 Å². The summed E-state index contributed by atoms with van der Waals surface area (Å²) < 4.78 is 47.9. The van der Waals surface area contributed by atoms with Crippen LogP contribution < -0.4 is 0 Å². The fourth-order valence-corrected chi connectivity index (χ4v) is 9.22. The Bertz CT molecular complexity index is 3360. The van der Waals surface area contributed by atoms with Gasteiger partial charge in [-0.05, 0) is 126 Å². The number of rotatable bonds is 5. The molecule has 7 aromatic carbocycles. The fourth-order valence-electron chi connectivity index (χ4n) is 9.22. The third-order valence-corrected chi connectivity index (χ3v) is 12.0. The Labute approximate surface area is 344 Å². The van der Waals surface area contributed by atoms with Crippen molar-refractivity contribution in [1.82, 2.24) is 9.13 Å². The number of aryl methyl sites for hydroxylation is 2. The largest absolute Gasteiger partial charge is 0.416 e. The molecule has 7 heteroatoms. The first-order chi connectivity index (χ1) is 29.1. The molecule has 0 fully saturated rings. The third kappa shape index (κ3) is 5.90. The summed E-state index contributed by atoms with van der Waals surface area (Å²) in [5.74, 6) is 0. The van der Waals surface area contributed by atoms with Crippen LogP contribution >= 0.6 is 0 Å². The molecule has 10 rings (SSSR count). The number of aromatic nitrogens is 2. The van der Waals surface area contributed by atoms with Crippen LogP contribution in [-0.2, 0) is 12.6 Å². The molecular weight excluding hydrogens is 750 g/mol. The fraction of sp³-hybridized carbons (Fsp3) is 0.0943. The van der Waals surface area contributed by atoms with E-state index < -0.39 is 11.7 Å². The quantitative estimate of drug-likeness (QED) is 0.174. The summed E-state index contributed by atoms with van der Waals surface area (Å²) >= 11 is 0. The van der Waals surface area contributed by atoms with Gasteiger partial charge in [-0.15, -0.1) is 0 Å². The summed E-state index contributed by atoms with van der Waals surface area (Å²) in [6.07, 6.45) is -1.00. The van der Waals surface area contributed by atoms with Crippen LogP contribution in [0.25, 0.3) is 78.0 Å². The van der Waals surface area contributed by atoms with Crippen molar-refractivity contribution < 1.29 is 13.2 Å². The van der Waals surface area contributed by atoms with Gasteiger partial charge in [0, 0.05) is 33.0 Å². The number of fused-ring (bicyclic) bond motifs is 6. The first-order valence-electron chi connectivity index (χ1n) is 19.8. The second kappa shape index (κ2) is 14.0. The number of benzene rings is 7. The Kier molecular flexibility index (Phi) is 8.59. The number of hydrogen-bond acceptors (Lipinski definition) is 2. The van der Waals surface area contributed by atoms with E-state index >= 15 is 0 Å². The van der Waals surface area contributed by atoms with Crippen LogP contribution in [-0.4, -0.2) is 9.13 Å². The molecule has 4 nitrogen and oxygen atoms in total. The Morgan fingerprint density at radius 3 is 1.88 bits per heavy atom. The molecule has 288 valence electrons. The van der Waals surface area contributed by atoms with Crippen molar-refractivity contribution >= 4 is 44.4 Å². The second-order valence-corrected chi connectivity index (χ2v) is 15.5. The van der Waals surface area contributed by atoms with Gasteiger partial charge in [0.15, 0.2) is 0 Å². The highest BCUT2D eigenvalue weighted by Gasteiger charge is 2.32. The topological polar surface area (TPSA) is 57.4 Å². The lowest BCUT2D eigenvalue weighted by atomic mass is 9.89. The van der Waals surface area contributed by atoms with Crippen molar-refractivity contribution in [3.63, 3.8) is 0 Å². The molecule has 1 aliphatic carbocycles. The minimum atomic E-state index is -4.70. The molecule has 2 heterocycles. The molecule has 0 radical (unpaired) electrons. The average Bonchev–Trinajstić information content (AvgIpc) is 3.78. The molecule has 0 spiro atoms. The summed E-state index contributed by atoms with van der Waals surface area (Å²) in [5.41, 5.74) is 12.6. The summed E-state index contributed by atoms with van der Waals surface area (Å²) in [6, 6.07) is 50.5. The van der Waals surface area contributed by atoms with E-state index in [0.717, 1.165) is 79.2 Å². The summed E-state index contributed by atoms with van der Waals surface area (Å²) in [7, 11) is 0. The van der Waals surface area contributed by atoms with Crippen LogP contribution in [0.4, 0.5) is 13.2 Å². The SMILES string of the molecule is Cc1ccccc1C1=Cc2c(n(-c3cc(-c4cc(C#N)cc(C(F)(F)F)c4)c(-n4c5ccccc5c5cc(-c6ccccc6C)ccc54)cc3C#N)c3ccccc23)CC1. The number of para-hydroxylation sites is 2. The Morgan fingerprint density at radius 2 is 1.18 bits per heavy atom. The van der Waals surface area contributed by atoms with E-state index in [1.165, 1.54) is 22.8 Å². The van der Waals surface area contributed by atoms with Crippen molar-refractivity contribution in [1.29, 1.82) is 10.5 Å². The second-order valence-electron chi connectivity index (χ2n) is 15.5. The highest BCUT2D eigenvalue weighted by atomic mass is 19.4. The van der Waals surface area contributed by atoms with E-state index in [9.17, 15) is 23.7 Å². The first kappa shape index (κ1) is 36.7. The van der Waals surface area contributed by atoms with Gasteiger partial charge < -0.3 is 9.13 Å². The molecule has 0 amide bonds. The number of halogens is 3. The maximum absolute atomic E-state index is 14.6. The number of allylic oxidation sites excluding steroid dienone is 1. The summed E-state index contributed by atoms with van der Waals surface area (Å²) in [4.78, 5) is 0. The van der Waals surface area contributed by atoms with Gasteiger partial charge in [-0.1, -0.05) is 91.0 Å². The normalized spacial score (nSPS) is 12.7. The van der Waals surface area contributed by atoms with Gasteiger partial charge in [0.05, 0.1) is 50.7 Å². The molecule has 2 aromatic heterocycles. The number of nitriles is 2. The van der Waals surface area contributed by atoms with E-state index in [0.29, 0.717) is 28.9 Å². The van der Waals surface area contributed by atoms with Crippen LogP contribution in [0.1, 0.15) is 51.1 Å². The van der Waals surface area contributed by atoms with Gasteiger partial charge >= 0.3 is 6.18 Å². The van der Waals surface area contributed by atoms with E-state index in [2.05, 4.69) is 79.1 Å². The molecular formula is C53H35F3N4. The minimum Gasteiger partial charge on any atom is -0.312 e. The molecule has 0 saturated heterocycles. The Balaban J connectivity index is 1.29. The molecule has 0 saturated carbocycles. The van der Waals surface area contributed by atoms with E-state index in [1.807, 2.05) is 83.4 Å². The van der Waals surface area contributed by atoms with Gasteiger partial charge in [0.1, 0.15) is 6.07 Å². The molecule has 60 heavy (non-hydrogen) atoms. The van der Waals surface area contributed by atoms with Gasteiger partial charge in [-0.25, -0.2) is 0 Å². The van der Waals surface area contributed by atoms with Gasteiger partial charge in [0.2, 0.25) is 0 Å². The van der Waals surface area contributed by atoms with Gasteiger partial charge in [-0.3, -0.25) is 0 Å². The van der Waals surface area contributed by atoms with Crippen LogP contribution in [0, 0.1) is 36.5 Å². The highest BCUT2D eigenvalue weighted by molar-refractivity contribution is 6.11. The minimum absolute atomic E-state index is 0.112. The van der Waals surface area contributed by atoms with Crippen LogP contribution in [0.5, 0.6) is 0 Å². The zero-order valence-electron chi connectivity index (χ0n) is 32.8. The summed E-state index contributed by atoms with van der Waals surface area (Å²) in [5, 5.41) is 24.1. The molecule has 9 aromatic rings. The Hall–Kier alpha value is -7.61. The average molecular weight is 785 g/mol. The Morgan fingerprint density at radius 1 is 0.533 bits per heavy atom. The maximum Gasteiger partial charge on any atom is 0.416 e. The van der Waals surface area contributed by atoms with E-state index in [4.69, 9.17) is 0 Å². The van der Waals surface area contributed by atoms with Crippen molar-refractivity contribution in [2.45, 2.75) is 32.9 Å². The predicted octanol–water partition coefficient (Wildman–Crippen LogP) is 13.9. The monoisotopic (exact) mass is 784 g/mol. The molecule has 0 aliphatic heterocycles.